The van der Waals surface area contributed by atoms with E-state index in [2.05, 4.69) is 5.32 Å². The highest BCUT2D eigenvalue weighted by molar-refractivity contribution is 5.72. The molecule has 0 radical (unpaired) electrons. The monoisotopic (exact) mass is 251 g/mol. The number of benzene rings is 1. The summed E-state index contributed by atoms with van der Waals surface area (Å²) < 4.78 is 5.20. The van der Waals surface area contributed by atoms with Gasteiger partial charge in [0.25, 0.3) is 0 Å². The molecule has 0 fully saturated rings. The summed E-state index contributed by atoms with van der Waals surface area (Å²) in [5.41, 5.74) is 0.553. The van der Waals surface area contributed by atoms with Crippen LogP contribution in [-0.4, -0.2) is 23.2 Å². The normalized spacial score (nSPS) is 13.1. The minimum Gasteiger partial charge on any atom is -0.508 e. The lowest BCUT2D eigenvalue weighted by atomic mass is 10.1. The number of rotatable bonds is 4. The molecule has 1 rings (SSSR count). The van der Waals surface area contributed by atoms with Crippen LogP contribution in [0.2, 0.25) is 0 Å². The van der Waals surface area contributed by atoms with Gasteiger partial charge < -0.3 is 15.2 Å². The molecule has 0 saturated heterocycles. The second-order valence-corrected chi connectivity index (χ2v) is 5.28. The van der Waals surface area contributed by atoms with Crippen LogP contribution in [0.4, 0.5) is 0 Å². The van der Waals surface area contributed by atoms with E-state index in [4.69, 9.17) is 4.74 Å². The molecule has 4 nitrogen and oxygen atoms in total. The van der Waals surface area contributed by atoms with Crippen LogP contribution in [0.25, 0.3) is 0 Å². The van der Waals surface area contributed by atoms with Crippen molar-refractivity contribution in [1.82, 2.24) is 5.32 Å². The fourth-order valence-electron chi connectivity index (χ4n) is 1.49. The SMILES string of the molecule is CC(NCC(=O)OC(C)(C)C)c1ccc(O)cc1. The minimum absolute atomic E-state index is 0.0260. The van der Waals surface area contributed by atoms with E-state index in [9.17, 15) is 9.90 Å². The number of esters is 1. The molecule has 1 unspecified atom stereocenters. The van der Waals surface area contributed by atoms with E-state index in [-0.39, 0.29) is 24.3 Å². The summed E-state index contributed by atoms with van der Waals surface area (Å²) in [6.07, 6.45) is 0. The first kappa shape index (κ1) is 14.5. The molecular formula is C14H21NO3. The van der Waals surface area contributed by atoms with Crippen LogP contribution in [0.15, 0.2) is 24.3 Å². The number of hydrogen-bond acceptors (Lipinski definition) is 4. The van der Waals surface area contributed by atoms with Gasteiger partial charge in [0, 0.05) is 6.04 Å². The molecule has 0 aromatic heterocycles. The van der Waals surface area contributed by atoms with Gasteiger partial charge in [-0.15, -0.1) is 0 Å². The molecule has 18 heavy (non-hydrogen) atoms. The highest BCUT2D eigenvalue weighted by atomic mass is 16.6. The second kappa shape index (κ2) is 5.87. The van der Waals surface area contributed by atoms with Crippen LogP contribution in [0, 0.1) is 0 Å². The summed E-state index contributed by atoms with van der Waals surface area (Å²) in [7, 11) is 0. The predicted molar refractivity (Wildman–Crippen MR) is 70.4 cm³/mol. The van der Waals surface area contributed by atoms with Crippen molar-refractivity contribution in [1.29, 1.82) is 0 Å². The Hall–Kier alpha value is -1.55. The van der Waals surface area contributed by atoms with Gasteiger partial charge in [0.2, 0.25) is 0 Å². The van der Waals surface area contributed by atoms with Gasteiger partial charge >= 0.3 is 5.97 Å². The van der Waals surface area contributed by atoms with Crippen molar-refractivity contribution in [3.63, 3.8) is 0 Å². The first-order chi connectivity index (χ1) is 8.28. The van der Waals surface area contributed by atoms with Crippen molar-refractivity contribution in [2.75, 3.05) is 6.54 Å². The van der Waals surface area contributed by atoms with Crippen molar-refractivity contribution < 1.29 is 14.6 Å². The van der Waals surface area contributed by atoms with Crippen LogP contribution in [0.5, 0.6) is 5.75 Å². The molecule has 0 aliphatic heterocycles. The number of carbonyl (C=O) groups excluding carboxylic acids is 1. The number of ether oxygens (including phenoxy) is 1. The Bertz CT molecular complexity index is 392. The Balaban J connectivity index is 2.44. The largest absolute Gasteiger partial charge is 0.508 e. The maximum absolute atomic E-state index is 11.5. The quantitative estimate of drug-likeness (QED) is 0.807. The Morgan fingerprint density at radius 1 is 1.33 bits per heavy atom. The average molecular weight is 251 g/mol. The fraction of sp³-hybridized carbons (Fsp3) is 0.500. The topological polar surface area (TPSA) is 58.6 Å². The van der Waals surface area contributed by atoms with Crippen molar-refractivity contribution in [3.8, 4) is 5.75 Å². The molecule has 1 atom stereocenters. The first-order valence-corrected chi connectivity index (χ1v) is 6.02. The van der Waals surface area contributed by atoms with Crippen LogP contribution in [0.3, 0.4) is 0 Å². The lowest BCUT2D eigenvalue weighted by molar-refractivity contribution is -0.153. The average Bonchev–Trinajstić information content (AvgIpc) is 2.24. The van der Waals surface area contributed by atoms with E-state index in [1.54, 1.807) is 12.1 Å². The van der Waals surface area contributed by atoms with Gasteiger partial charge in [-0.2, -0.15) is 0 Å². The van der Waals surface area contributed by atoms with Crippen molar-refractivity contribution >= 4 is 5.97 Å². The van der Waals surface area contributed by atoms with Gasteiger partial charge in [-0.1, -0.05) is 12.1 Å². The number of hydrogen-bond donors (Lipinski definition) is 2. The van der Waals surface area contributed by atoms with E-state index in [0.717, 1.165) is 5.56 Å². The van der Waals surface area contributed by atoms with Gasteiger partial charge in [-0.25, -0.2) is 0 Å². The Morgan fingerprint density at radius 2 is 1.89 bits per heavy atom. The summed E-state index contributed by atoms with van der Waals surface area (Å²) in [4.78, 5) is 11.5. The molecule has 100 valence electrons. The van der Waals surface area contributed by atoms with Crippen LogP contribution in [-0.2, 0) is 9.53 Å². The fourth-order valence-corrected chi connectivity index (χ4v) is 1.49. The maximum Gasteiger partial charge on any atom is 0.320 e. The van der Waals surface area contributed by atoms with E-state index < -0.39 is 5.60 Å². The van der Waals surface area contributed by atoms with Crippen LogP contribution < -0.4 is 5.32 Å². The van der Waals surface area contributed by atoms with Gasteiger partial charge in [-0.3, -0.25) is 4.79 Å². The predicted octanol–water partition coefficient (Wildman–Crippen LogP) is 2.38. The minimum atomic E-state index is -0.458. The van der Waals surface area contributed by atoms with Crippen LogP contribution >= 0.6 is 0 Å². The molecule has 4 heteroatoms. The molecule has 0 spiro atoms. The summed E-state index contributed by atoms with van der Waals surface area (Å²) >= 11 is 0. The van der Waals surface area contributed by atoms with Gasteiger partial charge in [-0.05, 0) is 45.4 Å². The van der Waals surface area contributed by atoms with Gasteiger partial charge in [0.1, 0.15) is 11.4 Å². The highest BCUT2D eigenvalue weighted by Gasteiger charge is 2.16. The molecule has 0 saturated carbocycles. The Morgan fingerprint density at radius 3 is 2.39 bits per heavy atom. The zero-order valence-electron chi connectivity index (χ0n) is 11.4. The number of aromatic hydroxyl groups is 1. The molecule has 0 heterocycles. The lowest BCUT2D eigenvalue weighted by Gasteiger charge is -2.21. The molecule has 1 aromatic rings. The zero-order chi connectivity index (χ0) is 13.8. The van der Waals surface area contributed by atoms with E-state index in [1.165, 1.54) is 0 Å². The molecule has 1 aromatic carbocycles. The first-order valence-electron chi connectivity index (χ1n) is 6.02. The zero-order valence-corrected chi connectivity index (χ0v) is 11.4. The summed E-state index contributed by atoms with van der Waals surface area (Å²) in [6, 6.07) is 6.92. The lowest BCUT2D eigenvalue weighted by Crippen LogP contribution is -2.32. The van der Waals surface area contributed by atoms with Crippen molar-refractivity contribution in [2.45, 2.75) is 39.3 Å². The Kier molecular flexibility index (Phi) is 4.73. The molecule has 0 bridgehead atoms. The maximum atomic E-state index is 11.5. The van der Waals surface area contributed by atoms with E-state index in [0.29, 0.717) is 0 Å². The third kappa shape index (κ3) is 5.19. The molecular weight excluding hydrogens is 230 g/mol. The van der Waals surface area contributed by atoms with Gasteiger partial charge in [0.05, 0.1) is 6.54 Å². The number of carbonyl (C=O) groups is 1. The summed E-state index contributed by atoms with van der Waals surface area (Å²) in [5, 5.41) is 12.3. The third-order valence-corrected chi connectivity index (χ3v) is 2.37. The van der Waals surface area contributed by atoms with Crippen LogP contribution in [0.1, 0.15) is 39.3 Å². The molecule has 0 aliphatic carbocycles. The number of phenolic OH excluding ortho intramolecular Hbond substituents is 1. The number of nitrogens with one attached hydrogen (secondary N) is 1. The van der Waals surface area contributed by atoms with E-state index >= 15 is 0 Å². The summed E-state index contributed by atoms with van der Waals surface area (Å²) in [5.74, 6) is -0.0359. The van der Waals surface area contributed by atoms with Crippen molar-refractivity contribution in [3.05, 3.63) is 29.8 Å². The summed E-state index contributed by atoms with van der Waals surface area (Å²) in [6.45, 7) is 7.65. The standard InChI is InChI=1S/C14H21NO3/c1-10(11-5-7-12(16)8-6-11)15-9-13(17)18-14(2,3)4/h5-8,10,15-16H,9H2,1-4H3. The van der Waals surface area contributed by atoms with E-state index in [1.807, 2.05) is 39.8 Å². The molecule has 0 amide bonds. The Labute approximate surface area is 108 Å². The molecule has 0 aliphatic rings. The highest BCUT2D eigenvalue weighted by Crippen LogP contribution is 2.16. The second-order valence-electron chi connectivity index (χ2n) is 5.28. The number of phenols is 1. The molecule has 2 N–H and O–H groups in total. The van der Waals surface area contributed by atoms with Crippen molar-refractivity contribution in [2.24, 2.45) is 0 Å². The van der Waals surface area contributed by atoms with Gasteiger partial charge in [0.15, 0.2) is 0 Å². The smallest absolute Gasteiger partial charge is 0.320 e. The third-order valence-electron chi connectivity index (χ3n) is 2.37.